The molecule has 1 aliphatic rings. The van der Waals surface area contributed by atoms with Gasteiger partial charge in [0.25, 0.3) is 0 Å². The fraction of sp³-hybridized carbons (Fsp3) is 0.567. The quantitative estimate of drug-likeness (QED) is 0.149. The summed E-state index contributed by atoms with van der Waals surface area (Å²) in [6.45, 7) is 4.96. The monoisotopic (exact) mass is 468 g/mol. The summed E-state index contributed by atoms with van der Waals surface area (Å²) in [5, 5.41) is 0. The second-order valence-electron chi connectivity index (χ2n) is 9.74. The van der Waals surface area contributed by atoms with E-state index in [-0.39, 0.29) is 17.7 Å². The number of esters is 1. The molecule has 0 radical (unpaired) electrons. The van der Waals surface area contributed by atoms with Crippen LogP contribution < -0.4 is 9.47 Å². The van der Waals surface area contributed by atoms with Crippen molar-refractivity contribution in [1.82, 2.24) is 0 Å². The zero-order chi connectivity index (χ0) is 24.2. The van der Waals surface area contributed by atoms with Gasteiger partial charge in [0.2, 0.25) is 0 Å². The third-order valence-corrected chi connectivity index (χ3v) is 6.88. The van der Waals surface area contributed by atoms with Crippen LogP contribution in [0.1, 0.15) is 90.9 Å². The minimum absolute atomic E-state index is 0.0317. The van der Waals surface area contributed by atoms with E-state index in [4.69, 9.17) is 9.47 Å². The van der Waals surface area contributed by atoms with E-state index in [1.807, 2.05) is 18.2 Å². The summed E-state index contributed by atoms with van der Waals surface area (Å²) < 4.78 is 25.7. The molecule has 34 heavy (non-hydrogen) atoms. The molecule has 1 saturated carbocycles. The average molecular weight is 469 g/mol. The van der Waals surface area contributed by atoms with Gasteiger partial charge in [0.05, 0.1) is 12.5 Å². The van der Waals surface area contributed by atoms with Gasteiger partial charge in [-0.05, 0) is 60.6 Å². The highest BCUT2D eigenvalue weighted by atomic mass is 19.1. The van der Waals surface area contributed by atoms with E-state index in [1.54, 1.807) is 18.2 Å². The first-order valence-corrected chi connectivity index (χ1v) is 13.3. The van der Waals surface area contributed by atoms with Gasteiger partial charge in [-0.1, -0.05) is 89.8 Å². The number of carbonyl (C=O) groups is 1. The normalized spacial score (nSPS) is 17.3. The van der Waals surface area contributed by atoms with Crippen LogP contribution in [0.5, 0.6) is 11.5 Å². The molecule has 0 saturated heterocycles. The van der Waals surface area contributed by atoms with Gasteiger partial charge in [0, 0.05) is 0 Å². The van der Waals surface area contributed by atoms with Crippen molar-refractivity contribution in [2.45, 2.75) is 90.9 Å². The Labute approximate surface area is 205 Å². The first-order chi connectivity index (χ1) is 16.6. The van der Waals surface area contributed by atoms with Gasteiger partial charge < -0.3 is 9.47 Å². The highest BCUT2D eigenvalue weighted by Crippen LogP contribution is 2.38. The van der Waals surface area contributed by atoms with Gasteiger partial charge in [-0.25, -0.2) is 4.39 Å². The Morgan fingerprint density at radius 3 is 2.21 bits per heavy atom. The van der Waals surface area contributed by atoms with E-state index in [1.165, 1.54) is 57.4 Å². The SMILES string of the molecule is CCCCCCCCOc1ccc(-c2ccc(OC(=O)C3CC(CCCCC)C3)cc2)cc1F. The first-order valence-electron chi connectivity index (χ1n) is 13.3. The van der Waals surface area contributed by atoms with Crippen LogP contribution in [0, 0.1) is 17.7 Å². The summed E-state index contributed by atoms with van der Waals surface area (Å²) in [5.74, 6) is 1.08. The summed E-state index contributed by atoms with van der Waals surface area (Å²) >= 11 is 0. The average Bonchev–Trinajstić information content (AvgIpc) is 2.81. The molecule has 4 heteroatoms. The number of benzene rings is 2. The van der Waals surface area contributed by atoms with E-state index >= 15 is 0 Å². The minimum Gasteiger partial charge on any atom is -0.491 e. The maximum Gasteiger partial charge on any atom is 0.314 e. The topological polar surface area (TPSA) is 35.5 Å². The van der Waals surface area contributed by atoms with Crippen molar-refractivity contribution in [3.63, 3.8) is 0 Å². The predicted octanol–water partition coefficient (Wildman–Crippen LogP) is 8.74. The predicted molar refractivity (Wildman–Crippen MR) is 137 cm³/mol. The molecule has 186 valence electrons. The number of unbranched alkanes of at least 4 members (excludes halogenated alkanes) is 7. The molecule has 3 nitrogen and oxygen atoms in total. The molecule has 0 spiro atoms. The minimum atomic E-state index is -0.350. The van der Waals surface area contributed by atoms with Gasteiger partial charge in [-0.15, -0.1) is 0 Å². The van der Waals surface area contributed by atoms with E-state index < -0.39 is 0 Å². The number of rotatable bonds is 15. The molecule has 2 aromatic rings. The number of hydrogen-bond donors (Lipinski definition) is 0. The van der Waals surface area contributed by atoms with Gasteiger partial charge >= 0.3 is 5.97 Å². The van der Waals surface area contributed by atoms with Gasteiger partial charge in [-0.3, -0.25) is 4.79 Å². The number of hydrogen-bond acceptors (Lipinski definition) is 3. The maximum atomic E-state index is 14.5. The summed E-state index contributed by atoms with van der Waals surface area (Å²) in [6, 6.07) is 12.4. The molecule has 1 aliphatic carbocycles. The standard InChI is InChI=1S/C30H41FO3/c1-3-5-7-8-9-11-19-33-29-18-15-25(22-28(29)31)24-13-16-27(17-14-24)34-30(32)26-20-23(21-26)12-10-6-4-2/h13-18,22-23,26H,3-12,19-21H2,1-2H3. The van der Waals surface area contributed by atoms with Crippen molar-refractivity contribution in [3.05, 3.63) is 48.3 Å². The molecule has 0 amide bonds. The largest absolute Gasteiger partial charge is 0.491 e. The fourth-order valence-corrected chi connectivity index (χ4v) is 4.62. The second-order valence-corrected chi connectivity index (χ2v) is 9.74. The molecular formula is C30H41FO3. The molecule has 1 fully saturated rings. The van der Waals surface area contributed by atoms with Crippen LogP contribution in [0.15, 0.2) is 42.5 Å². The lowest BCUT2D eigenvalue weighted by molar-refractivity contribution is -0.143. The molecule has 2 aromatic carbocycles. The Morgan fingerprint density at radius 2 is 1.50 bits per heavy atom. The zero-order valence-corrected chi connectivity index (χ0v) is 21.0. The van der Waals surface area contributed by atoms with Gasteiger partial charge in [0.1, 0.15) is 5.75 Å². The number of halogens is 1. The lowest BCUT2D eigenvalue weighted by Crippen LogP contribution is -2.33. The smallest absolute Gasteiger partial charge is 0.314 e. The summed E-state index contributed by atoms with van der Waals surface area (Å²) in [6.07, 6.45) is 14.0. The lowest BCUT2D eigenvalue weighted by atomic mass is 9.72. The Kier molecular flexibility index (Phi) is 10.9. The molecule has 3 rings (SSSR count). The van der Waals surface area contributed by atoms with Gasteiger partial charge in [-0.2, -0.15) is 0 Å². The van der Waals surface area contributed by atoms with Crippen molar-refractivity contribution in [2.75, 3.05) is 6.61 Å². The molecule has 0 bridgehead atoms. The Balaban J connectivity index is 1.42. The molecule has 0 atom stereocenters. The van der Waals surface area contributed by atoms with Crippen molar-refractivity contribution in [1.29, 1.82) is 0 Å². The van der Waals surface area contributed by atoms with Crippen LogP contribution >= 0.6 is 0 Å². The van der Waals surface area contributed by atoms with Crippen LogP contribution in [0.2, 0.25) is 0 Å². The number of ether oxygens (including phenoxy) is 2. The molecule has 0 aromatic heterocycles. The van der Waals surface area contributed by atoms with Crippen LogP contribution in [0.25, 0.3) is 11.1 Å². The molecule has 0 aliphatic heterocycles. The van der Waals surface area contributed by atoms with E-state index in [9.17, 15) is 9.18 Å². The Bertz CT molecular complexity index is 871. The summed E-state index contributed by atoms with van der Waals surface area (Å²) in [7, 11) is 0. The van der Waals surface area contributed by atoms with Crippen molar-refractivity contribution in [2.24, 2.45) is 11.8 Å². The van der Waals surface area contributed by atoms with Crippen LogP contribution in [-0.2, 0) is 4.79 Å². The Morgan fingerprint density at radius 1 is 0.853 bits per heavy atom. The first kappa shape index (κ1) is 26.2. The van der Waals surface area contributed by atoms with Crippen LogP contribution in [0.4, 0.5) is 4.39 Å². The van der Waals surface area contributed by atoms with Crippen LogP contribution in [0.3, 0.4) is 0 Å². The van der Waals surface area contributed by atoms with Crippen molar-refractivity contribution in [3.8, 4) is 22.6 Å². The third kappa shape index (κ3) is 8.14. The molecule has 0 heterocycles. The molecule has 0 N–H and O–H groups in total. The summed E-state index contributed by atoms with van der Waals surface area (Å²) in [4.78, 5) is 12.4. The lowest BCUT2D eigenvalue weighted by Gasteiger charge is -2.33. The summed E-state index contributed by atoms with van der Waals surface area (Å²) in [5.41, 5.74) is 1.65. The fourth-order valence-electron chi connectivity index (χ4n) is 4.62. The maximum absolute atomic E-state index is 14.5. The van der Waals surface area contributed by atoms with Crippen molar-refractivity contribution >= 4 is 5.97 Å². The van der Waals surface area contributed by atoms with E-state index in [0.29, 0.717) is 24.0 Å². The van der Waals surface area contributed by atoms with Crippen molar-refractivity contribution < 1.29 is 18.7 Å². The zero-order valence-electron chi connectivity index (χ0n) is 21.0. The molecular weight excluding hydrogens is 427 g/mol. The molecule has 0 unspecified atom stereocenters. The van der Waals surface area contributed by atoms with E-state index in [2.05, 4.69) is 13.8 Å². The van der Waals surface area contributed by atoms with E-state index in [0.717, 1.165) is 36.8 Å². The van der Waals surface area contributed by atoms with Gasteiger partial charge in [0.15, 0.2) is 11.6 Å². The second kappa shape index (κ2) is 14.1. The van der Waals surface area contributed by atoms with Crippen LogP contribution in [-0.4, -0.2) is 12.6 Å². The number of carbonyl (C=O) groups excluding carboxylic acids is 1. The Hall–Kier alpha value is -2.36. The highest BCUT2D eigenvalue weighted by molar-refractivity contribution is 5.76. The highest BCUT2D eigenvalue weighted by Gasteiger charge is 2.35. The third-order valence-electron chi connectivity index (χ3n) is 6.88.